The summed E-state index contributed by atoms with van der Waals surface area (Å²) in [4.78, 5) is 26.8. The highest BCUT2D eigenvalue weighted by molar-refractivity contribution is 9.10. The van der Waals surface area contributed by atoms with Gasteiger partial charge in [-0.25, -0.2) is 4.79 Å². The summed E-state index contributed by atoms with van der Waals surface area (Å²) in [6, 6.07) is 7.69. The number of nitro benzene ring substituents is 1. The van der Waals surface area contributed by atoms with E-state index in [0.29, 0.717) is 41.9 Å². The van der Waals surface area contributed by atoms with Crippen LogP contribution < -0.4 is 9.64 Å². The van der Waals surface area contributed by atoms with Crippen LogP contribution in [-0.4, -0.2) is 47.7 Å². The van der Waals surface area contributed by atoms with Gasteiger partial charge in [0.15, 0.2) is 0 Å². The second-order valence-corrected chi connectivity index (χ2v) is 9.78. The number of hydrogen-bond donors (Lipinski definition) is 0. The van der Waals surface area contributed by atoms with Crippen molar-refractivity contribution in [3.8, 4) is 5.75 Å². The first-order chi connectivity index (χ1) is 16.3. The molecule has 35 heavy (non-hydrogen) atoms. The Morgan fingerprint density at radius 2 is 1.74 bits per heavy atom. The van der Waals surface area contributed by atoms with Gasteiger partial charge in [0, 0.05) is 42.3 Å². The van der Waals surface area contributed by atoms with Crippen molar-refractivity contribution in [2.45, 2.75) is 39.2 Å². The molecule has 0 spiro atoms. The van der Waals surface area contributed by atoms with Gasteiger partial charge in [-0.1, -0.05) is 28.1 Å². The van der Waals surface area contributed by atoms with E-state index in [4.69, 9.17) is 9.47 Å². The Labute approximate surface area is 208 Å². The minimum atomic E-state index is -4.58. The number of rotatable bonds is 5. The van der Waals surface area contributed by atoms with E-state index in [1.165, 1.54) is 35.2 Å². The Kier molecular flexibility index (Phi) is 7.83. The topological polar surface area (TPSA) is 85.2 Å². The van der Waals surface area contributed by atoms with Crippen molar-refractivity contribution >= 4 is 33.4 Å². The first-order valence-corrected chi connectivity index (χ1v) is 11.5. The van der Waals surface area contributed by atoms with Gasteiger partial charge in [0.05, 0.1) is 10.5 Å². The molecule has 0 unspecified atom stereocenters. The van der Waals surface area contributed by atoms with Gasteiger partial charge in [0.2, 0.25) is 0 Å². The summed E-state index contributed by atoms with van der Waals surface area (Å²) in [6.45, 7) is 6.30. The van der Waals surface area contributed by atoms with Crippen molar-refractivity contribution < 1.29 is 32.4 Å². The molecule has 1 saturated heterocycles. The van der Waals surface area contributed by atoms with Gasteiger partial charge in [0.1, 0.15) is 23.6 Å². The predicted octanol–water partition coefficient (Wildman–Crippen LogP) is 6.01. The number of carbonyl (C=O) groups is 1. The number of nitrogens with zero attached hydrogens (tertiary/aromatic N) is 3. The number of halogens is 4. The molecule has 1 aliphatic heterocycles. The Morgan fingerprint density at radius 3 is 2.31 bits per heavy atom. The maximum atomic E-state index is 13.3. The number of alkyl halides is 3. The van der Waals surface area contributed by atoms with Crippen LogP contribution in [0.5, 0.6) is 5.75 Å². The summed E-state index contributed by atoms with van der Waals surface area (Å²) in [5.74, 6) is -0.335. The third kappa shape index (κ3) is 6.77. The van der Waals surface area contributed by atoms with Crippen molar-refractivity contribution in [1.82, 2.24) is 4.90 Å². The smallest absolute Gasteiger partial charge is 0.419 e. The largest absolute Gasteiger partial charge is 0.488 e. The summed E-state index contributed by atoms with van der Waals surface area (Å²) < 4.78 is 51.0. The molecule has 0 atom stereocenters. The minimum absolute atomic E-state index is 0.165. The van der Waals surface area contributed by atoms with Crippen molar-refractivity contribution in [3.63, 3.8) is 0 Å². The molecule has 1 heterocycles. The summed E-state index contributed by atoms with van der Waals surface area (Å²) in [5, 5.41) is 11.7. The van der Waals surface area contributed by atoms with Crippen LogP contribution in [0.25, 0.3) is 0 Å². The molecule has 1 fully saturated rings. The first-order valence-electron chi connectivity index (χ1n) is 10.7. The van der Waals surface area contributed by atoms with Crippen molar-refractivity contribution in [2.75, 3.05) is 31.1 Å². The molecule has 0 aromatic heterocycles. The molecule has 0 radical (unpaired) electrons. The second-order valence-electron chi connectivity index (χ2n) is 8.93. The maximum absolute atomic E-state index is 13.3. The van der Waals surface area contributed by atoms with Crippen LogP contribution in [0, 0.1) is 10.1 Å². The molecule has 3 rings (SSSR count). The second kappa shape index (κ2) is 10.3. The van der Waals surface area contributed by atoms with E-state index in [0.717, 1.165) is 6.07 Å². The fourth-order valence-corrected chi connectivity index (χ4v) is 3.99. The lowest BCUT2D eigenvalue weighted by atomic mass is 10.1. The van der Waals surface area contributed by atoms with Crippen LogP contribution in [0.2, 0.25) is 0 Å². The Morgan fingerprint density at radius 1 is 1.11 bits per heavy atom. The number of carbonyl (C=O) groups excluding carboxylic acids is 1. The van der Waals surface area contributed by atoms with Gasteiger partial charge in [0.25, 0.3) is 5.69 Å². The van der Waals surface area contributed by atoms with Gasteiger partial charge in [-0.15, -0.1) is 0 Å². The van der Waals surface area contributed by atoms with Crippen LogP contribution in [0.4, 0.5) is 29.3 Å². The van der Waals surface area contributed by atoms with Crippen molar-refractivity contribution in [3.05, 3.63) is 62.1 Å². The molecule has 2 aromatic rings. The number of piperazine rings is 1. The lowest BCUT2D eigenvalue weighted by Gasteiger charge is -2.36. The van der Waals surface area contributed by atoms with E-state index >= 15 is 0 Å². The Bertz CT molecular complexity index is 1100. The Hall–Kier alpha value is -3.02. The van der Waals surface area contributed by atoms with Crippen molar-refractivity contribution in [1.29, 1.82) is 0 Å². The zero-order chi connectivity index (χ0) is 26.0. The fourth-order valence-electron chi connectivity index (χ4n) is 3.54. The van der Waals surface area contributed by atoms with E-state index < -0.39 is 28.4 Å². The highest BCUT2D eigenvalue weighted by Crippen LogP contribution is 2.38. The van der Waals surface area contributed by atoms with Gasteiger partial charge >= 0.3 is 12.3 Å². The average Bonchev–Trinajstić information content (AvgIpc) is 2.76. The fraction of sp³-hybridized carbons (Fsp3) is 0.435. The summed E-state index contributed by atoms with van der Waals surface area (Å²) in [6.07, 6.45) is -5.04. The first kappa shape index (κ1) is 26.6. The van der Waals surface area contributed by atoms with Gasteiger partial charge in [-0.05, 0) is 39.0 Å². The number of ether oxygens (including phenoxy) is 2. The summed E-state index contributed by atoms with van der Waals surface area (Å²) in [5.41, 5.74) is -0.973. The Balaban J connectivity index is 1.80. The number of para-hydroxylation sites is 1. The molecule has 190 valence electrons. The SMILES string of the molecule is CC(C)(C)OC(=O)N1CCN(c2cc(COc3ccccc3C(F)(F)F)c(Br)cc2[N+](=O)[O-])CC1. The van der Waals surface area contributed by atoms with E-state index in [1.807, 2.05) is 0 Å². The highest BCUT2D eigenvalue weighted by Gasteiger charge is 2.34. The van der Waals surface area contributed by atoms with E-state index in [-0.39, 0.29) is 18.0 Å². The average molecular weight is 560 g/mol. The molecule has 0 aliphatic carbocycles. The number of hydrogen-bond acceptors (Lipinski definition) is 6. The molecule has 8 nitrogen and oxygen atoms in total. The van der Waals surface area contributed by atoms with Crippen LogP contribution in [0.1, 0.15) is 31.9 Å². The van der Waals surface area contributed by atoms with E-state index in [2.05, 4.69) is 15.9 Å². The molecule has 1 amide bonds. The number of anilines is 1. The maximum Gasteiger partial charge on any atom is 0.419 e. The normalized spacial score (nSPS) is 14.6. The predicted molar refractivity (Wildman–Crippen MR) is 127 cm³/mol. The number of benzene rings is 2. The van der Waals surface area contributed by atoms with Crippen LogP contribution >= 0.6 is 15.9 Å². The molecule has 0 N–H and O–H groups in total. The number of amides is 1. The van der Waals surface area contributed by atoms with Gasteiger partial charge in [-0.2, -0.15) is 13.2 Å². The van der Waals surface area contributed by atoms with Crippen LogP contribution in [0.3, 0.4) is 0 Å². The molecule has 0 bridgehead atoms. The quantitative estimate of drug-likeness (QED) is 0.329. The van der Waals surface area contributed by atoms with Crippen LogP contribution in [0.15, 0.2) is 40.9 Å². The lowest BCUT2D eigenvalue weighted by molar-refractivity contribution is -0.384. The monoisotopic (exact) mass is 559 g/mol. The third-order valence-corrected chi connectivity index (χ3v) is 5.93. The zero-order valence-corrected chi connectivity index (χ0v) is 21.0. The molecule has 12 heteroatoms. The zero-order valence-electron chi connectivity index (χ0n) is 19.4. The van der Waals surface area contributed by atoms with E-state index in [9.17, 15) is 28.1 Å². The van der Waals surface area contributed by atoms with Gasteiger partial charge < -0.3 is 19.3 Å². The lowest BCUT2D eigenvalue weighted by Crippen LogP contribution is -2.50. The highest BCUT2D eigenvalue weighted by atomic mass is 79.9. The molecule has 2 aromatic carbocycles. The summed E-state index contributed by atoms with van der Waals surface area (Å²) >= 11 is 3.27. The standard InChI is InChI=1S/C23H25BrF3N3O5/c1-22(2,3)35-21(31)29-10-8-28(9-11-29)18-12-15(17(24)13-19(18)30(32)33)14-34-20-7-5-4-6-16(20)23(25,26)27/h4-7,12-13H,8-11,14H2,1-3H3. The van der Waals surface area contributed by atoms with Crippen LogP contribution in [-0.2, 0) is 17.5 Å². The van der Waals surface area contributed by atoms with E-state index in [1.54, 1.807) is 25.7 Å². The third-order valence-electron chi connectivity index (χ3n) is 5.19. The number of nitro groups is 1. The van der Waals surface area contributed by atoms with Gasteiger partial charge in [-0.3, -0.25) is 10.1 Å². The minimum Gasteiger partial charge on any atom is -0.488 e. The molecular formula is C23H25BrF3N3O5. The molecular weight excluding hydrogens is 535 g/mol. The van der Waals surface area contributed by atoms with Crippen molar-refractivity contribution in [2.24, 2.45) is 0 Å². The summed E-state index contributed by atoms with van der Waals surface area (Å²) in [7, 11) is 0. The molecule has 1 aliphatic rings. The molecule has 0 saturated carbocycles.